The number of rotatable bonds is 13. The second-order valence-corrected chi connectivity index (χ2v) is 18.0. The van der Waals surface area contributed by atoms with E-state index in [-0.39, 0.29) is 29.9 Å². The zero-order valence-corrected chi connectivity index (χ0v) is 26.1. The molecule has 4 rings (SSSR count). The van der Waals surface area contributed by atoms with Crippen molar-refractivity contribution < 1.29 is 14.6 Å². The number of morpholine rings is 1. The number of allylic oxidation sites excluding steroid dienone is 1. The molecule has 2 aliphatic heterocycles. The maximum atomic E-state index is 10.8. The average Bonchev–Trinajstić information content (AvgIpc) is 2.98. The highest BCUT2D eigenvalue weighted by Crippen LogP contribution is 2.34. The number of fused-ring (bicyclic) bond motifs is 1. The first kappa shape index (κ1) is 31.9. The van der Waals surface area contributed by atoms with Crippen LogP contribution in [0.1, 0.15) is 29.2 Å². The van der Waals surface area contributed by atoms with Crippen molar-refractivity contribution in [2.45, 2.75) is 75.3 Å². The van der Waals surface area contributed by atoms with E-state index in [9.17, 15) is 15.6 Å². The van der Waals surface area contributed by atoms with Gasteiger partial charge in [-0.2, -0.15) is 10.5 Å². The highest BCUT2D eigenvalue weighted by Gasteiger charge is 2.36. The lowest BCUT2D eigenvalue weighted by Crippen LogP contribution is -2.59. The average molecular weight is 588 g/mol. The molecule has 1 saturated heterocycles. The first-order valence-corrected chi connectivity index (χ1v) is 18.7. The van der Waals surface area contributed by atoms with Crippen LogP contribution in [0.5, 0.6) is 5.75 Å². The second-order valence-electron chi connectivity index (χ2n) is 12.5. The van der Waals surface area contributed by atoms with E-state index in [1.807, 2.05) is 42.5 Å². The molecule has 0 aromatic heterocycles. The van der Waals surface area contributed by atoms with Gasteiger partial charge in [-0.05, 0) is 36.1 Å². The van der Waals surface area contributed by atoms with E-state index in [0.29, 0.717) is 52.4 Å². The summed E-state index contributed by atoms with van der Waals surface area (Å²) in [7, 11) is -1.24. The molecule has 42 heavy (non-hydrogen) atoms. The van der Waals surface area contributed by atoms with Crippen LogP contribution in [0.15, 0.2) is 60.7 Å². The fraction of sp³-hybridized carbons (Fsp3) is 0.515. The largest absolute Gasteiger partial charge is 0.508 e. The molecule has 224 valence electrons. The SMILES string of the molecule is C[Si](C)(C)C/C=C/C[C@H](NC(C#N)[C@@H]1Cc2cccc(O)c2[C@H](COCc2ccccc2)N1)[C@@H](C#N)N1CCOCC1. The minimum atomic E-state index is -1.24. The highest BCUT2D eigenvalue weighted by molar-refractivity contribution is 6.76. The topological polar surface area (TPSA) is 114 Å². The molecule has 3 N–H and O–H groups in total. The van der Waals surface area contributed by atoms with Gasteiger partial charge in [0.1, 0.15) is 17.8 Å². The van der Waals surface area contributed by atoms with Crippen molar-refractivity contribution in [1.82, 2.24) is 15.5 Å². The van der Waals surface area contributed by atoms with Gasteiger partial charge >= 0.3 is 0 Å². The number of hydrogen-bond acceptors (Lipinski definition) is 8. The lowest BCUT2D eigenvalue weighted by Gasteiger charge is -2.39. The van der Waals surface area contributed by atoms with E-state index < -0.39 is 14.1 Å². The summed E-state index contributed by atoms with van der Waals surface area (Å²) >= 11 is 0. The predicted octanol–water partition coefficient (Wildman–Crippen LogP) is 4.52. The van der Waals surface area contributed by atoms with Crippen molar-refractivity contribution in [3.63, 3.8) is 0 Å². The van der Waals surface area contributed by atoms with Crippen LogP contribution < -0.4 is 10.6 Å². The van der Waals surface area contributed by atoms with Crippen LogP contribution in [-0.4, -0.2) is 75.2 Å². The Balaban J connectivity index is 1.52. The third kappa shape index (κ3) is 8.99. The zero-order valence-electron chi connectivity index (χ0n) is 25.1. The quantitative estimate of drug-likeness (QED) is 0.232. The summed E-state index contributed by atoms with van der Waals surface area (Å²) in [5.41, 5.74) is 2.91. The maximum Gasteiger partial charge on any atom is 0.120 e. The Morgan fingerprint density at radius 1 is 1.10 bits per heavy atom. The molecule has 0 radical (unpaired) electrons. The van der Waals surface area contributed by atoms with Crippen LogP contribution in [0.2, 0.25) is 25.7 Å². The normalized spacial score (nSPS) is 21.6. The van der Waals surface area contributed by atoms with Crippen LogP contribution in [0.4, 0.5) is 0 Å². The van der Waals surface area contributed by atoms with Crippen molar-refractivity contribution in [3.8, 4) is 17.9 Å². The van der Waals surface area contributed by atoms with Crippen molar-refractivity contribution in [2.75, 3.05) is 32.9 Å². The van der Waals surface area contributed by atoms with Crippen LogP contribution in [0.25, 0.3) is 0 Å². The molecule has 1 fully saturated rings. The zero-order chi connectivity index (χ0) is 30.0. The van der Waals surface area contributed by atoms with E-state index >= 15 is 0 Å². The Morgan fingerprint density at radius 2 is 1.86 bits per heavy atom. The molecule has 0 amide bonds. The van der Waals surface area contributed by atoms with Crippen LogP contribution in [0, 0.1) is 22.7 Å². The predicted molar refractivity (Wildman–Crippen MR) is 168 cm³/mol. The molecule has 9 heteroatoms. The van der Waals surface area contributed by atoms with Crippen LogP contribution in [0.3, 0.4) is 0 Å². The first-order valence-electron chi connectivity index (χ1n) is 15.0. The smallest absolute Gasteiger partial charge is 0.120 e. The number of benzene rings is 2. The van der Waals surface area contributed by atoms with Gasteiger partial charge in [-0.15, -0.1) is 0 Å². The summed E-state index contributed by atoms with van der Waals surface area (Å²) in [4.78, 5) is 2.17. The Labute approximate surface area is 251 Å². The van der Waals surface area contributed by atoms with Gasteiger partial charge in [-0.25, -0.2) is 0 Å². The number of nitriles is 2. The highest BCUT2D eigenvalue weighted by atomic mass is 28.3. The molecule has 8 nitrogen and oxygen atoms in total. The van der Waals surface area contributed by atoms with Crippen molar-refractivity contribution in [1.29, 1.82) is 10.5 Å². The number of ether oxygens (including phenoxy) is 2. The Kier molecular flexibility index (Phi) is 11.7. The minimum Gasteiger partial charge on any atom is -0.508 e. The molecule has 0 spiro atoms. The first-order chi connectivity index (χ1) is 20.3. The third-order valence-electron chi connectivity index (χ3n) is 7.95. The van der Waals surface area contributed by atoms with Gasteiger partial charge in [0.2, 0.25) is 0 Å². The fourth-order valence-electron chi connectivity index (χ4n) is 5.76. The van der Waals surface area contributed by atoms with Crippen molar-refractivity contribution in [3.05, 3.63) is 77.4 Å². The lowest BCUT2D eigenvalue weighted by atomic mass is 9.86. The van der Waals surface area contributed by atoms with E-state index in [1.54, 1.807) is 6.07 Å². The molecular formula is C33H45N5O3Si. The van der Waals surface area contributed by atoms with Gasteiger partial charge in [0, 0.05) is 38.8 Å². The second kappa shape index (κ2) is 15.4. The molecule has 1 unspecified atom stereocenters. The Bertz CT molecular complexity index is 1250. The van der Waals surface area contributed by atoms with Gasteiger partial charge in [-0.3, -0.25) is 10.2 Å². The summed E-state index contributed by atoms with van der Waals surface area (Å²) in [6, 6.07) is 20.0. The molecule has 2 aliphatic rings. The molecule has 5 atom stereocenters. The summed E-state index contributed by atoms with van der Waals surface area (Å²) in [5.74, 6) is 0.232. The lowest BCUT2D eigenvalue weighted by molar-refractivity contribution is 0.0194. The van der Waals surface area contributed by atoms with Crippen LogP contribution in [-0.2, 0) is 22.5 Å². The van der Waals surface area contributed by atoms with Gasteiger partial charge in [0.15, 0.2) is 0 Å². The number of phenolic OH excluding ortho intramolecular Hbond substituents is 1. The summed E-state index contributed by atoms with van der Waals surface area (Å²) in [5, 5.41) is 38.7. The number of nitrogens with one attached hydrogen (secondary N) is 2. The van der Waals surface area contributed by atoms with Gasteiger partial charge in [-0.1, -0.05) is 74.3 Å². The molecule has 2 heterocycles. The molecule has 0 saturated carbocycles. The van der Waals surface area contributed by atoms with Crippen LogP contribution >= 0.6 is 0 Å². The summed E-state index contributed by atoms with van der Waals surface area (Å²) < 4.78 is 11.6. The van der Waals surface area contributed by atoms with Crippen molar-refractivity contribution in [2.24, 2.45) is 0 Å². The van der Waals surface area contributed by atoms with E-state index in [1.165, 1.54) is 0 Å². The summed E-state index contributed by atoms with van der Waals surface area (Å²) in [6.07, 6.45) is 5.66. The third-order valence-corrected chi connectivity index (χ3v) is 9.41. The van der Waals surface area contributed by atoms with E-state index in [0.717, 1.165) is 22.7 Å². The molecular weight excluding hydrogens is 542 g/mol. The fourth-order valence-corrected chi connectivity index (χ4v) is 6.63. The molecule has 2 aromatic carbocycles. The monoisotopic (exact) mass is 587 g/mol. The van der Waals surface area contributed by atoms with Gasteiger partial charge < -0.3 is 19.9 Å². The standard InChI is InChI=1S/C33H45N5O3Si/c1-42(2,3)19-8-7-13-27(31(22-35)38-15-17-40-18-16-38)36-29(21-34)28-20-26-12-9-14-32(39)33(26)30(37-28)24-41-23-25-10-5-4-6-11-25/h4-12,14,27-31,36-37,39H,13,15-20,23-24H2,1-3H3/b8-7+/t27-,28-,29?,30-,31+/m0/s1. The summed E-state index contributed by atoms with van der Waals surface area (Å²) in [6.45, 7) is 10.4. The Morgan fingerprint density at radius 3 is 2.55 bits per heavy atom. The van der Waals surface area contributed by atoms with E-state index in [4.69, 9.17) is 9.47 Å². The molecule has 2 aromatic rings. The maximum absolute atomic E-state index is 10.8. The van der Waals surface area contributed by atoms with Gasteiger partial charge in [0.05, 0.1) is 44.6 Å². The number of phenols is 1. The number of nitrogens with zero attached hydrogens (tertiary/aromatic N) is 3. The minimum absolute atomic E-state index is 0.226. The Hall–Kier alpha value is -3.02. The molecule has 0 aliphatic carbocycles. The van der Waals surface area contributed by atoms with E-state index in [2.05, 4.69) is 59.5 Å². The molecule has 0 bridgehead atoms. The van der Waals surface area contributed by atoms with Crippen molar-refractivity contribution >= 4 is 8.07 Å². The van der Waals surface area contributed by atoms with Gasteiger partial charge in [0.25, 0.3) is 0 Å². The number of hydrogen-bond donors (Lipinski definition) is 3. The number of aromatic hydroxyl groups is 1.